The second-order valence-electron chi connectivity index (χ2n) is 10.9. The number of aliphatic hydroxyl groups excluding tert-OH is 4. The van der Waals surface area contributed by atoms with Crippen LogP contribution in [-0.2, 0) is 14.3 Å². The molecule has 0 spiro atoms. The second-order valence-corrected chi connectivity index (χ2v) is 10.9. The average Bonchev–Trinajstić information content (AvgIpc) is 3.00. The minimum Gasteiger partial charge on any atom is -0.394 e. The van der Waals surface area contributed by atoms with Crippen molar-refractivity contribution < 1.29 is 34.8 Å². The van der Waals surface area contributed by atoms with Crippen molar-refractivity contribution in [2.45, 2.75) is 114 Å². The van der Waals surface area contributed by atoms with Gasteiger partial charge in [0.25, 0.3) is 0 Å². The third kappa shape index (κ3) is 16.8. The zero-order valence-corrected chi connectivity index (χ0v) is 26.1. The van der Waals surface area contributed by atoms with Crippen LogP contribution in [-0.4, -0.2) is 75.5 Å². The summed E-state index contributed by atoms with van der Waals surface area (Å²) >= 11 is 0. The van der Waals surface area contributed by atoms with E-state index in [-0.39, 0.29) is 11.8 Å². The number of allylic oxidation sites excluding steroid dienone is 12. The summed E-state index contributed by atoms with van der Waals surface area (Å²) in [5.74, 6) is -1.29. The number of carbonyl (C=O) groups is 2. The molecule has 0 saturated carbocycles. The molecule has 0 aromatic rings. The van der Waals surface area contributed by atoms with Crippen LogP contribution in [0.5, 0.6) is 0 Å². The molecule has 1 aliphatic rings. The molecule has 0 aromatic carbocycles. The van der Waals surface area contributed by atoms with Gasteiger partial charge < -0.3 is 41.9 Å². The van der Waals surface area contributed by atoms with Gasteiger partial charge in [0.1, 0.15) is 24.4 Å². The van der Waals surface area contributed by atoms with Gasteiger partial charge in [-0.3, -0.25) is 9.59 Å². The molecule has 7 atom stereocenters. The Hall–Kier alpha value is -2.86. The van der Waals surface area contributed by atoms with Crippen LogP contribution in [0.3, 0.4) is 0 Å². The van der Waals surface area contributed by atoms with Gasteiger partial charge in [0.2, 0.25) is 11.8 Å². The van der Waals surface area contributed by atoms with E-state index >= 15 is 0 Å². The quantitative estimate of drug-likeness (QED) is 0.0713. The highest BCUT2D eigenvalue weighted by Gasteiger charge is 2.44. The number of unbranched alkanes of at least 4 members (excludes halogenated alkanes) is 1. The van der Waals surface area contributed by atoms with E-state index in [1.807, 2.05) is 12.2 Å². The summed E-state index contributed by atoms with van der Waals surface area (Å²) < 4.78 is 5.04. The highest BCUT2D eigenvalue weighted by atomic mass is 16.6. The van der Waals surface area contributed by atoms with Crippen LogP contribution in [0.2, 0.25) is 0 Å². The fraction of sp³-hybridized carbons (Fsp3) is 0.588. The molecular weight excluding hydrogens is 562 g/mol. The number of amides is 2. The molecule has 44 heavy (non-hydrogen) atoms. The third-order valence-electron chi connectivity index (χ3n) is 7.28. The van der Waals surface area contributed by atoms with Gasteiger partial charge in [-0.05, 0) is 57.8 Å². The third-order valence-corrected chi connectivity index (χ3v) is 7.28. The number of hydrogen-bond acceptors (Lipinski definition) is 8. The van der Waals surface area contributed by atoms with Crippen molar-refractivity contribution in [2.24, 2.45) is 17.4 Å². The van der Waals surface area contributed by atoms with Crippen molar-refractivity contribution in [3.8, 4) is 0 Å². The van der Waals surface area contributed by atoms with Gasteiger partial charge in [-0.1, -0.05) is 92.7 Å². The Kier molecular flexibility index (Phi) is 21.8. The van der Waals surface area contributed by atoms with E-state index in [2.05, 4.69) is 73.0 Å². The fourth-order valence-corrected chi connectivity index (χ4v) is 4.57. The van der Waals surface area contributed by atoms with E-state index in [1.54, 1.807) is 0 Å². The van der Waals surface area contributed by atoms with Crippen LogP contribution < -0.4 is 16.8 Å². The van der Waals surface area contributed by atoms with Crippen molar-refractivity contribution in [3.63, 3.8) is 0 Å². The van der Waals surface area contributed by atoms with E-state index in [9.17, 15) is 24.9 Å². The summed E-state index contributed by atoms with van der Waals surface area (Å²) in [6, 6.07) is -2.20. The van der Waals surface area contributed by atoms with Crippen LogP contribution in [0, 0.1) is 5.92 Å². The molecule has 1 unspecified atom stereocenters. The molecule has 1 aliphatic heterocycles. The molecule has 0 bridgehead atoms. The van der Waals surface area contributed by atoms with E-state index < -0.39 is 49.2 Å². The van der Waals surface area contributed by atoms with Crippen LogP contribution in [0.4, 0.5) is 0 Å². The lowest BCUT2D eigenvalue weighted by atomic mass is 9.95. The van der Waals surface area contributed by atoms with Crippen molar-refractivity contribution >= 4 is 11.8 Å². The van der Waals surface area contributed by atoms with E-state index in [4.69, 9.17) is 21.3 Å². The number of nitrogens with one attached hydrogen (secondary N) is 1. The molecule has 10 nitrogen and oxygen atoms in total. The summed E-state index contributed by atoms with van der Waals surface area (Å²) in [7, 11) is 0. The summed E-state index contributed by atoms with van der Waals surface area (Å²) in [4.78, 5) is 24.3. The van der Waals surface area contributed by atoms with Gasteiger partial charge in [0, 0.05) is 5.92 Å². The number of aliphatic hydroxyl groups is 4. The minimum absolute atomic E-state index is 0.310. The summed E-state index contributed by atoms with van der Waals surface area (Å²) in [6.07, 6.45) is 28.0. The lowest BCUT2D eigenvalue weighted by molar-refractivity contribution is -0.253. The number of ether oxygens (including phenoxy) is 1. The number of nitrogens with two attached hydrogens (primary N) is 2. The van der Waals surface area contributed by atoms with Crippen LogP contribution in [0.25, 0.3) is 0 Å². The molecule has 1 rings (SSSR count). The topological polar surface area (TPSA) is 188 Å². The number of carbonyl (C=O) groups excluding carboxylic acids is 2. The van der Waals surface area contributed by atoms with Crippen LogP contribution in [0.1, 0.15) is 77.6 Å². The molecule has 1 saturated heterocycles. The summed E-state index contributed by atoms with van der Waals surface area (Å²) in [6.45, 7) is 1.54. The lowest BCUT2D eigenvalue weighted by Gasteiger charge is -2.40. The van der Waals surface area contributed by atoms with Crippen molar-refractivity contribution in [3.05, 3.63) is 72.9 Å². The van der Waals surface area contributed by atoms with E-state index in [1.165, 1.54) is 0 Å². The highest BCUT2D eigenvalue weighted by molar-refractivity contribution is 5.81. The van der Waals surface area contributed by atoms with Gasteiger partial charge in [0.15, 0.2) is 6.29 Å². The predicted octanol–water partition coefficient (Wildman–Crippen LogP) is 2.98. The number of hydrogen-bond donors (Lipinski definition) is 7. The van der Waals surface area contributed by atoms with E-state index in [0.717, 1.165) is 38.5 Å². The Balaban J connectivity index is 2.23. The zero-order chi connectivity index (χ0) is 32.6. The van der Waals surface area contributed by atoms with Gasteiger partial charge >= 0.3 is 0 Å². The first-order chi connectivity index (χ1) is 21.2. The van der Waals surface area contributed by atoms with Crippen molar-refractivity contribution in [1.29, 1.82) is 0 Å². The predicted molar refractivity (Wildman–Crippen MR) is 174 cm³/mol. The molecule has 1 heterocycles. The Morgan fingerprint density at radius 2 is 1.25 bits per heavy atom. The van der Waals surface area contributed by atoms with Gasteiger partial charge in [0.05, 0.1) is 12.6 Å². The SMILES string of the molecule is CCC=CCC=CCC=CCC=CCC=CCC=CCC(CCCC[C@H](N)C(=O)N[C@@H]1[C@@H](O)[C@H](O)[C@@H](CO)O[C@H]1O)C(N)=O. The smallest absolute Gasteiger partial charge is 0.237 e. The maximum atomic E-state index is 12.4. The first kappa shape index (κ1) is 39.2. The maximum Gasteiger partial charge on any atom is 0.237 e. The molecule has 248 valence electrons. The molecule has 0 aliphatic carbocycles. The standard InChI is InChI=1S/C34H55N3O7/c1-2-3-4-5-6-7-8-9-10-11-12-13-14-15-16-17-18-19-22-26(32(36)41)23-20-21-24-27(35)33(42)37-29-31(40)30(39)28(25-38)44-34(29)43/h3-4,6-7,9-10,12-13,15-16,18-19,26-31,34,38-40,43H,2,5,8,11,14,17,20-25,35H2,1H3,(H2,36,41)(H,37,42)/t26?,27-,28+,29+,30+,31+,34+/m0/s1. The Morgan fingerprint density at radius 1 is 0.773 bits per heavy atom. The van der Waals surface area contributed by atoms with Crippen molar-refractivity contribution in [1.82, 2.24) is 5.32 Å². The Bertz CT molecular complexity index is 976. The van der Waals surface area contributed by atoms with Crippen LogP contribution in [0.15, 0.2) is 72.9 Å². The lowest BCUT2D eigenvalue weighted by Crippen LogP contribution is -2.65. The average molecular weight is 618 g/mol. The Labute approximate surface area is 262 Å². The molecule has 2 amide bonds. The van der Waals surface area contributed by atoms with E-state index in [0.29, 0.717) is 32.1 Å². The second kappa shape index (κ2) is 24.5. The zero-order valence-electron chi connectivity index (χ0n) is 26.1. The summed E-state index contributed by atoms with van der Waals surface area (Å²) in [5.41, 5.74) is 11.5. The van der Waals surface area contributed by atoms with Crippen LogP contribution >= 0.6 is 0 Å². The highest BCUT2D eigenvalue weighted by Crippen LogP contribution is 2.20. The molecule has 10 heteroatoms. The van der Waals surface area contributed by atoms with Crippen molar-refractivity contribution in [2.75, 3.05) is 6.61 Å². The monoisotopic (exact) mass is 617 g/mol. The maximum absolute atomic E-state index is 12.4. The normalized spacial score (nSPS) is 24.5. The van der Waals surface area contributed by atoms with Gasteiger partial charge in [-0.15, -0.1) is 0 Å². The molecular formula is C34H55N3O7. The molecule has 9 N–H and O–H groups in total. The molecule has 1 fully saturated rings. The first-order valence-electron chi connectivity index (χ1n) is 15.8. The summed E-state index contributed by atoms with van der Waals surface area (Å²) in [5, 5.41) is 41.7. The fourth-order valence-electron chi connectivity index (χ4n) is 4.57. The minimum atomic E-state index is -1.60. The number of primary amides is 1. The first-order valence-corrected chi connectivity index (χ1v) is 15.8. The van der Waals surface area contributed by atoms with Gasteiger partial charge in [-0.2, -0.15) is 0 Å². The molecule has 0 radical (unpaired) electrons. The van der Waals surface area contributed by atoms with Gasteiger partial charge in [-0.25, -0.2) is 0 Å². The molecule has 0 aromatic heterocycles. The number of rotatable bonds is 22. The Morgan fingerprint density at radius 3 is 1.73 bits per heavy atom. The largest absolute Gasteiger partial charge is 0.394 e.